The highest BCUT2D eigenvalue weighted by atomic mass is 32.1. The van der Waals surface area contributed by atoms with Crippen molar-refractivity contribution in [3.8, 4) is 32.4 Å². The summed E-state index contributed by atoms with van der Waals surface area (Å²) in [6.45, 7) is 0. The number of hydrogen-bond donors (Lipinski definition) is 0. The zero-order chi connectivity index (χ0) is 46.6. The minimum absolute atomic E-state index is 0.197. The van der Waals surface area contributed by atoms with Crippen molar-refractivity contribution in [2.24, 2.45) is 0 Å². The summed E-state index contributed by atoms with van der Waals surface area (Å²) in [5, 5.41) is 8.13. The van der Waals surface area contributed by atoms with Crippen molar-refractivity contribution in [2.75, 3.05) is 0 Å². The molecule has 2 aromatic heterocycles. The van der Waals surface area contributed by atoms with Gasteiger partial charge in [0.15, 0.2) is 23.1 Å². The Bertz CT molecular complexity index is 3580. The van der Waals surface area contributed by atoms with Crippen LogP contribution in [0, 0.1) is 0 Å². The van der Waals surface area contributed by atoms with Gasteiger partial charge in [-0.1, -0.05) is 61.4 Å². The van der Waals surface area contributed by atoms with Gasteiger partial charge in [-0.15, -0.1) is 22.7 Å². The predicted molar refractivity (Wildman–Crippen MR) is 280 cm³/mol. The molecule has 6 aliphatic rings. The van der Waals surface area contributed by atoms with Crippen LogP contribution in [0.1, 0.15) is 127 Å². The lowest BCUT2D eigenvalue weighted by atomic mass is 9.76. The molecular weight excluding hydrogens is 905 g/mol. The monoisotopic (exact) mass is 946 g/mol. The lowest BCUT2D eigenvalue weighted by Crippen LogP contribution is -2.38. The van der Waals surface area contributed by atoms with Crippen molar-refractivity contribution in [3.05, 3.63) is 176 Å². The number of fused-ring (bicyclic) bond motifs is 14. The van der Waals surface area contributed by atoms with E-state index in [-0.39, 0.29) is 34.3 Å². The Kier molecular flexibility index (Phi) is 8.49. The third kappa shape index (κ3) is 5.84. The van der Waals surface area contributed by atoms with E-state index in [2.05, 4.69) is 72.8 Å². The van der Waals surface area contributed by atoms with Crippen LogP contribution < -0.4 is 9.47 Å². The molecule has 2 fully saturated rings. The molecule has 0 amide bonds. The average molecular weight is 947 g/mol. The molecular formula is C62H42O6S2. The van der Waals surface area contributed by atoms with Gasteiger partial charge in [-0.05, 0) is 179 Å². The summed E-state index contributed by atoms with van der Waals surface area (Å²) in [7, 11) is 0. The van der Waals surface area contributed by atoms with E-state index in [4.69, 9.17) is 9.47 Å². The molecule has 2 aliphatic heterocycles. The van der Waals surface area contributed by atoms with E-state index in [9.17, 15) is 19.2 Å². The van der Waals surface area contributed by atoms with E-state index >= 15 is 0 Å². The first-order valence-electron chi connectivity index (χ1n) is 24.6. The van der Waals surface area contributed by atoms with Crippen LogP contribution in [0.4, 0.5) is 0 Å². The maximum Gasteiger partial charge on any atom is 0.197 e. The summed E-state index contributed by atoms with van der Waals surface area (Å²) >= 11 is 3.23. The first-order chi connectivity index (χ1) is 34.2. The van der Waals surface area contributed by atoms with E-state index in [0.29, 0.717) is 22.3 Å². The van der Waals surface area contributed by atoms with E-state index in [1.165, 1.54) is 0 Å². The van der Waals surface area contributed by atoms with Crippen LogP contribution in [0.2, 0.25) is 0 Å². The quantitative estimate of drug-likeness (QED) is 0.0975. The normalized spacial score (nSPS) is 18.2. The number of ether oxygens (including phenoxy) is 2. The fraction of sp³-hybridized carbons (Fsp3) is 0.194. The molecule has 4 heterocycles. The van der Waals surface area contributed by atoms with Crippen molar-refractivity contribution >= 4 is 101 Å². The number of allylic oxidation sites excluding steroid dienone is 2. The molecule has 9 aromatic rings. The number of benzene rings is 7. The average Bonchev–Trinajstić information content (AvgIpc) is 4.13. The van der Waals surface area contributed by atoms with Gasteiger partial charge in [-0.3, -0.25) is 19.2 Å². The minimum Gasteiger partial charge on any atom is -0.482 e. The zero-order valence-corrected chi connectivity index (χ0v) is 39.7. The second kappa shape index (κ2) is 14.6. The van der Waals surface area contributed by atoms with Gasteiger partial charge in [0.1, 0.15) is 22.7 Å². The Balaban J connectivity index is 0.825. The molecule has 0 bridgehead atoms. The van der Waals surface area contributed by atoms with Gasteiger partial charge in [-0.2, -0.15) is 0 Å². The fourth-order valence-corrected chi connectivity index (χ4v) is 15.1. The fourth-order valence-electron chi connectivity index (χ4n) is 12.7. The molecule has 15 rings (SSSR count). The number of rotatable bonds is 2. The Morgan fingerprint density at radius 3 is 1.03 bits per heavy atom. The zero-order valence-electron chi connectivity index (χ0n) is 38.0. The van der Waals surface area contributed by atoms with Crippen LogP contribution in [-0.4, -0.2) is 23.1 Å². The molecule has 0 radical (unpaired) electrons. The Labute approximate surface area is 410 Å². The molecule has 0 N–H and O–H groups in total. The SMILES string of the molecule is O=C1C(=Cc2cc3c(s2)-c2cc4c(cc2OC32CCCCC2)-c2sc(C=C3C(=O)c5cc6cc7ccccc7cc6cc5C3=O)cc2C2(CCCCC2)O4)C(=O)c2cc3cc4ccccc4cc3cc21. The lowest BCUT2D eigenvalue weighted by molar-refractivity contribution is 0.0203. The summed E-state index contributed by atoms with van der Waals surface area (Å²) < 4.78 is 14.6. The van der Waals surface area contributed by atoms with Gasteiger partial charge in [-0.25, -0.2) is 0 Å². The van der Waals surface area contributed by atoms with E-state index in [1.807, 2.05) is 60.7 Å². The van der Waals surface area contributed by atoms with Crippen molar-refractivity contribution in [1.82, 2.24) is 0 Å². The molecule has 0 unspecified atom stereocenters. The standard InChI is InChI=1S/C62H42O6S2/c63-55-43-23-37-19-33-11-3-4-12-34(33)20-38(37)24-44(43)56(64)49(55)27-41-29-51-59(69-41)47-32-54-48(31-53(47)67-61(51)15-7-1-8-16-61)60-52(62(68-54)17-9-2-10-18-62)30-42(70-60)28-50-57(65)45-25-39-21-35-13-5-6-14-36(35)22-40(39)26-46(45)58(50)66/h3-6,11-14,19-32H,1-2,7-10,15-18H2. The van der Waals surface area contributed by atoms with Gasteiger partial charge in [0, 0.05) is 64.0 Å². The maximum atomic E-state index is 14.2. The van der Waals surface area contributed by atoms with Crippen molar-refractivity contribution in [1.29, 1.82) is 0 Å². The van der Waals surface area contributed by atoms with Crippen LogP contribution in [0.25, 0.3) is 76.1 Å². The van der Waals surface area contributed by atoms with E-state index in [1.54, 1.807) is 22.7 Å². The highest BCUT2D eigenvalue weighted by molar-refractivity contribution is 7.17. The van der Waals surface area contributed by atoms with Crippen LogP contribution in [0.3, 0.4) is 0 Å². The van der Waals surface area contributed by atoms with Gasteiger partial charge in [0.25, 0.3) is 0 Å². The molecule has 4 aliphatic carbocycles. The first kappa shape index (κ1) is 40.6. The molecule has 7 aromatic carbocycles. The number of hydrogen-bond acceptors (Lipinski definition) is 8. The van der Waals surface area contributed by atoms with Gasteiger partial charge in [0.05, 0.1) is 11.1 Å². The molecule has 2 saturated carbocycles. The molecule has 0 saturated heterocycles. The lowest BCUT2D eigenvalue weighted by Gasteiger charge is -2.44. The first-order valence-corrected chi connectivity index (χ1v) is 26.2. The topological polar surface area (TPSA) is 86.7 Å². The number of Topliss-reactive ketones (excluding diaryl/α,β-unsaturated/α-hetero) is 4. The Hall–Kier alpha value is -7.26. The van der Waals surface area contributed by atoms with Gasteiger partial charge >= 0.3 is 0 Å². The molecule has 8 heteroatoms. The van der Waals surface area contributed by atoms with Gasteiger partial charge < -0.3 is 9.47 Å². The third-order valence-corrected chi connectivity index (χ3v) is 18.4. The van der Waals surface area contributed by atoms with Crippen molar-refractivity contribution in [3.63, 3.8) is 0 Å². The largest absolute Gasteiger partial charge is 0.482 e. The summed E-state index contributed by atoms with van der Waals surface area (Å²) in [6, 6.07) is 40.9. The highest BCUT2D eigenvalue weighted by Crippen LogP contribution is 2.60. The molecule has 338 valence electrons. The second-order valence-corrected chi connectivity index (χ2v) is 22.4. The maximum absolute atomic E-state index is 14.2. The van der Waals surface area contributed by atoms with E-state index < -0.39 is 11.2 Å². The number of carbonyl (C=O) groups is 4. The van der Waals surface area contributed by atoms with Crippen molar-refractivity contribution < 1.29 is 28.7 Å². The molecule has 0 atom stereocenters. The summed E-state index contributed by atoms with van der Waals surface area (Å²) in [5.74, 6) is 0.657. The highest BCUT2D eigenvalue weighted by Gasteiger charge is 2.47. The second-order valence-electron chi connectivity index (χ2n) is 20.3. The number of carbonyl (C=O) groups excluding carboxylic acids is 4. The van der Waals surface area contributed by atoms with Crippen LogP contribution in [-0.2, 0) is 11.2 Å². The van der Waals surface area contributed by atoms with Crippen molar-refractivity contribution in [2.45, 2.75) is 75.4 Å². The van der Waals surface area contributed by atoms with E-state index in [0.717, 1.165) is 161 Å². The van der Waals surface area contributed by atoms with Crippen LogP contribution in [0.5, 0.6) is 11.5 Å². The van der Waals surface area contributed by atoms with Gasteiger partial charge in [0.2, 0.25) is 0 Å². The Morgan fingerprint density at radius 1 is 0.371 bits per heavy atom. The van der Waals surface area contributed by atoms with Crippen LogP contribution in [0.15, 0.2) is 132 Å². The van der Waals surface area contributed by atoms with Crippen LogP contribution >= 0.6 is 22.7 Å². The summed E-state index contributed by atoms with van der Waals surface area (Å²) in [6.07, 6.45) is 13.5. The molecule has 6 nitrogen and oxygen atoms in total. The predicted octanol–water partition coefficient (Wildman–Crippen LogP) is 15.8. The number of ketones is 4. The smallest absolute Gasteiger partial charge is 0.197 e. The Morgan fingerprint density at radius 2 is 0.700 bits per heavy atom. The summed E-state index contributed by atoms with van der Waals surface area (Å²) in [4.78, 5) is 60.6. The summed E-state index contributed by atoms with van der Waals surface area (Å²) in [5.41, 5.74) is 5.29. The number of thiophene rings is 2. The molecule has 2 spiro atoms. The molecule has 70 heavy (non-hydrogen) atoms. The third-order valence-electron chi connectivity index (χ3n) is 16.2. The minimum atomic E-state index is -0.543.